The van der Waals surface area contributed by atoms with Crippen LogP contribution in [0.3, 0.4) is 0 Å². The highest BCUT2D eigenvalue weighted by Crippen LogP contribution is 2.32. The molecule has 0 aliphatic rings. The number of pyridine rings is 1. The molecule has 0 aliphatic heterocycles. The van der Waals surface area contributed by atoms with Crippen LogP contribution in [0, 0.1) is 0 Å². The lowest BCUT2D eigenvalue weighted by Gasteiger charge is -2.12. The van der Waals surface area contributed by atoms with Gasteiger partial charge in [-0.05, 0) is 49.4 Å². The molecule has 0 bridgehead atoms. The van der Waals surface area contributed by atoms with Crippen molar-refractivity contribution in [1.29, 1.82) is 0 Å². The van der Waals surface area contributed by atoms with Gasteiger partial charge < -0.3 is 20.3 Å². The van der Waals surface area contributed by atoms with Gasteiger partial charge in [0.2, 0.25) is 0 Å². The zero-order valence-corrected chi connectivity index (χ0v) is 14.9. The molecule has 0 saturated carbocycles. The molecule has 138 valence electrons. The van der Waals surface area contributed by atoms with E-state index in [0.717, 1.165) is 0 Å². The number of aromatic hydroxyl groups is 1. The monoisotopic (exact) mass is 386 g/mol. The number of aromatic nitrogens is 1. The van der Waals surface area contributed by atoms with E-state index in [2.05, 4.69) is 10.3 Å². The molecule has 1 heterocycles. The first-order valence-corrected chi connectivity index (χ1v) is 8.32. The van der Waals surface area contributed by atoms with Crippen LogP contribution in [0.25, 0.3) is 10.8 Å². The Hall–Kier alpha value is -3.32. The smallest absolute Gasteiger partial charge is 0.325 e. The molecule has 0 saturated heterocycles. The summed E-state index contributed by atoms with van der Waals surface area (Å²) in [5.74, 6) is -1.34. The molecule has 1 aromatic heterocycles. The van der Waals surface area contributed by atoms with E-state index in [9.17, 15) is 14.7 Å². The molecule has 3 aromatic rings. The number of hydrogen-bond acceptors (Lipinski definition) is 5. The van der Waals surface area contributed by atoms with Gasteiger partial charge in [-0.1, -0.05) is 11.6 Å². The summed E-state index contributed by atoms with van der Waals surface area (Å²) in [7, 11) is 0. The Kier molecular flexibility index (Phi) is 5.14. The summed E-state index contributed by atoms with van der Waals surface area (Å²) in [6.07, 6.45) is 1.42. The summed E-state index contributed by atoms with van der Waals surface area (Å²) < 4.78 is 5.72. The fourth-order valence-corrected chi connectivity index (χ4v) is 2.50. The molecule has 27 heavy (non-hydrogen) atoms. The van der Waals surface area contributed by atoms with E-state index >= 15 is 0 Å². The highest BCUT2D eigenvalue weighted by molar-refractivity contribution is 6.30. The second-order valence-electron chi connectivity index (χ2n) is 5.79. The van der Waals surface area contributed by atoms with Crippen molar-refractivity contribution in [2.75, 3.05) is 0 Å². The molecule has 2 aromatic carbocycles. The van der Waals surface area contributed by atoms with Gasteiger partial charge in [0.15, 0.2) is 11.4 Å². The van der Waals surface area contributed by atoms with Gasteiger partial charge >= 0.3 is 5.97 Å². The largest absolute Gasteiger partial charge is 0.505 e. The van der Waals surface area contributed by atoms with Crippen molar-refractivity contribution in [3.05, 3.63) is 59.4 Å². The first-order chi connectivity index (χ1) is 12.8. The number of carbonyl (C=O) groups is 2. The number of ether oxygens (including phenoxy) is 1. The zero-order valence-electron chi connectivity index (χ0n) is 14.1. The molecule has 1 amide bonds. The standard InChI is InChI=1S/C19H15ClN2O5/c1-10(19(25)26)22-18(24)16-17(23)15-8-14(5-2-11(15)9-21-16)27-13-6-3-12(20)4-7-13/h2-10,23H,1H3,(H,22,24)(H,25,26)/t10-/m0/s1. The molecule has 8 heteroatoms. The Morgan fingerprint density at radius 2 is 1.81 bits per heavy atom. The summed E-state index contributed by atoms with van der Waals surface area (Å²) >= 11 is 5.85. The molecule has 7 nitrogen and oxygen atoms in total. The van der Waals surface area contributed by atoms with Gasteiger partial charge in [-0.3, -0.25) is 9.59 Å². The van der Waals surface area contributed by atoms with Crippen LogP contribution in [0.15, 0.2) is 48.7 Å². The first-order valence-electron chi connectivity index (χ1n) is 7.94. The maximum Gasteiger partial charge on any atom is 0.325 e. The number of aliphatic carboxylic acids is 1. The van der Waals surface area contributed by atoms with E-state index in [1.165, 1.54) is 13.1 Å². The quantitative estimate of drug-likeness (QED) is 0.618. The van der Waals surface area contributed by atoms with Crippen molar-refractivity contribution in [2.45, 2.75) is 13.0 Å². The Balaban J connectivity index is 1.92. The van der Waals surface area contributed by atoms with Crippen LogP contribution in [-0.2, 0) is 4.79 Å². The van der Waals surface area contributed by atoms with Crippen molar-refractivity contribution in [2.24, 2.45) is 0 Å². The van der Waals surface area contributed by atoms with Gasteiger partial charge in [-0.15, -0.1) is 0 Å². The number of benzene rings is 2. The highest BCUT2D eigenvalue weighted by atomic mass is 35.5. The summed E-state index contributed by atoms with van der Waals surface area (Å²) in [5.41, 5.74) is -0.265. The van der Waals surface area contributed by atoms with Crippen LogP contribution < -0.4 is 10.1 Å². The number of nitrogens with one attached hydrogen (secondary N) is 1. The van der Waals surface area contributed by atoms with Crippen LogP contribution in [0.1, 0.15) is 17.4 Å². The Morgan fingerprint density at radius 3 is 2.48 bits per heavy atom. The van der Waals surface area contributed by atoms with Crippen LogP contribution >= 0.6 is 11.6 Å². The number of hydrogen-bond donors (Lipinski definition) is 3. The van der Waals surface area contributed by atoms with Gasteiger partial charge in [0, 0.05) is 22.0 Å². The van der Waals surface area contributed by atoms with Gasteiger partial charge in [0.25, 0.3) is 5.91 Å². The number of fused-ring (bicyclic) bond motifs is 1. The van der Waals surface area contributed by atoms with Crippen LogP contribution in [0.2, 0.25) is 5.02 Å². The zero-order chi connectivity index (χ0) is 19.6. The Morgan fingerprint density at radius 1 is 1.15 bits per heavy atom. The van der Waals surface area contributed by atoms with Gasteiger partial charge in [0.05, 0.1) is 0 Å². The van der Waals surface area contributed by atoms with E-state index in [-0.39, 0.29) is 11.4 Å². The number of carbonyl (C=O) groups excluding carboxylic acids is 1. The van der Waals surface area contributed by atoms with E-state index in [1.54, 1.807) is 42.5 Å². The summed E-state index contributed by atoms with van der Waals surface area (Å²) in [6, 6.07) is 10.6. The number of halogens is 1. The normalized spacial score (nSPS) is 11.8. The second-order valence-corrected chi connectivity index (χ2v) is 6.23. The van der Waals surface area contributed by atoms with Crippen LogP contribution in [-0.4, -0.2) is 33.1 Å². The summed E-state index contributed by atoms with van der Waals surface area (Å²) in [5, 5.41) is 23.1. The second kappa shape index (κ2) is 7.51. The number of carboxylic acid groups (broad SMARTS) is 1. The minimum atomic E-state index is -1.19. The molecule has 0 fully saturated rings. The fraction of sp³-hybridized carbons (Fsp3) is 0.105. The highest BCUT2D eigenvalue weighted by Gasteiger charge is 2.20. The van der Waals surface area contributed by atoms with E-state index in [0.29, 0.717) is 27.3 Å². The molecular formula is C19H15ClN2O5. The van der Waals surface area contributed by atoms with Crippen molar-refractivity contribution < 1.29 is 24.5 Å². The molecule has 0 spiro atoms. The molecule has 0 radical (unpaired) electrons. The SMILES string of the molecule is C[C@H](NC(=O)c1ncc2ccc(Oc3ccc(Cl)cc3)cc2c1O)C(=O)O. The fourth-order valence-electron chi connectivity index (χ4n) is 2.37. The van der Waals surface area contributed by atoms with E-state index in [4.69, 9.17) is 21.4 Å². The third-order valence-electron chi connectivity index (χ3n) is 3.82. The molecule has 1 atom stereocenters. The molecule has 3 rings (SSSR count). The lowest BCUT2D eigenvalue weighted by Crippen LogP contribution is -2.38. The van der Waals surface area contributed by atoms with E-state index in [1.807, 2.05) is 0 Å². The predicted molar refractivity (Wildman–Crippen MR) is 99.5 cm³/mol. The Bertz CT molecular complexity index is 1020. The Labute approximate surface area is 159 Å². The predicted octanol–water partition coefficient (Wildman–Crippen LogP) is 3.59. The lowest BCUT2D eigenvalue weighted by atomic mass is 10.1. The number of carboxylic acids is 1. The minimum absolute atomic E-state index is 0.265. The van der Waals surface area contributed by atoms with Crippen LogP contribution in [0.4, 0.5) is 0 Å². The van der Waals surface area contributed by atoms with Gasteiger partial charge in [-0.25, -0.2) is 4.98 Å². The maximum atomic E-state index is 12.2. The van der Waals surface area contributed by atoms with Crippen LogP contribution in [0.5, 0.6) is 17.2 Å². The summed E-state index contributed by atoms with van der Waals surface area (Å²) in [4.78, 5) is 27.0. The minimum Gasteiger partial charge on any atom is -0.505 e. The van der Waals surface area contributed by atoms with Crippen molar-refractivity contribution in [3.63, 3.8) is 0 Å². The van der Waals surface area contributed by atoms with E-state index < -0.39 is 17.9 Å². The van der Waals surface area contributed by atoms with Crippen molar-refractivity contribution in [1.82, 2.24) is 10.3 Å². The van der Waals surface area contributed by atoms with Gasteiger partial charge in [0.1, 0.15) is 17.5 Å². The molecule has 0 unspecified atom stereocenters. The average Bonchev–Trinajstić information content (AvgIpc) is 2.64. The maximum absolute atomic E-state index is 12.2. The number of rotatable bonds is 5. The van der Waals surface area contributed by atoms with Crippen molar-refractivity contribution >= 4 is 34.2 Å². The lowest BCUT2D eigenvalue weighted by molar-refractivity contribution is -0.138. The first kappa shape index (κ1) is 18.5. The third kappa shape index (κ3) is 4.09. The number of amides is 1. The van der Waals surface area contributed by atoms with Crippen molar-refractivity contribution in [3.8, 4) is 17.2 Å². The molecular weight excluding hydrogens is 372 g/mol. The summed E-state index contributed by atoms with van der Waals surface area (Å²) in [6.45, 7) is 1.32. The average molecular weight is 387 g/mol. The third-order valence-corrected chi connectivity index (χ3v) is 4.07. The topological polar surface area (TPSA) is 109 Å². The molecule has 0 aliphatic carbocycles. The van der Waals surface area contributed by atoms with Gasteiger partial charge in [-0.2, -0.15) is 0 Å². The molecule has 3 N–H and O–H groups in total. The number of nitrogens with zero attached hydrogens (tertiary/aromatic N) is 1.